The number of carbonyl (C=O) groups excluding carboxylic acids is 2. The highest BCUT2D eigenvalue weighted by Gasteiger charge is 2.33. The van der Waals surface area contributed by atoms with Crippen LogP contribution in [0.25, 0.3) is 11.1 Å². The fourth-order valence-corrected chi connectivity index (χ4v) is 3.58. The summed E-state index contributed by atoms with van der Waals surface area (Å²) in [7, 11) is 0. The molecule has 1 fully saturated rings. The van der Waals surface area contributed by atoms with Gasteiger partial charge in [0.2, 0.25) is 5.91 Å². The molecule has 0 aliphatic carbocycles. The fourth-order valence-electron chi connectivity index (χ4n) is 3.58. The van der Waals surface area contributed by atoms with Crippen molar-refractivity contribution in [2.45, 2.75) is 65.0 Å². The van der Waals surface area contributed by atoms with Crippen LogP contribution in [-0.2, 0) is 14.9 Å². The Bertz CT molecular complexity index is 943. The first-order valence-electron chi connectivity index (χ1n) is 10.6. The number of pyridine rings is 1. The quantitative estimate of drug-likeness (QED) is 0.720. The number of benzene rings is 1. The molecule has 0 unspecified atom stereocenters. The van der Waals surface area contributed by atoms with Gasteiger partial charge in [-0.1, -0.05) is 45.0 Å². The summed E-state index contributed by atoms with van der Waals surface area (Å²) in [6, 6.07) is 11.7. The van der Waals surface area contributed by atoms with E-state index in [2.05, 4.69) is 48.7 Å². The lowest BCUT2D eigenvalue weighted by molar-refractivity contribution is -0.119. The van der Waals surface area contributed by atoms with E-state index in [-0.39, 0.29) is 11.3 Å². The highest BCUT2D eigenvalue weighted by atomic mass is 16.6. The van der Waals surface area contributed by atoms with Gasteiger partial charge in [-0.3, -0.25) is 15.1 Å². The summed E-state index contributed by atoms with van der Waals surface area (Å²) in [6.07, 6.45) is 1.76. The van der Waals surface area contributed by atoms with Crippen LogP contribution in [0.2, 0.25) is 0 Å². The molecular weight excluding hydrogens is 392 g/mol. The van der Waals surface area contributed by atoms with Gasteiger partial charge in [0, 0.05) is 18.3 Å². The number of ether oxygens (including phenoxy) is 1. The van der Waals surface area contributed by atoms with Gasteiger partial charge in [-0.15, -0.1) is 0 Å². The van der Waals surface area contributed by atoms with E-state index in [1.165, 1.54) is 5.56 Å². The number of nitrogens with zero attached hydrogens (tertiary/aromatic N) is 2. The number of hydrogen-bond acceptors (Lipinski definition) is 5. The van der Waals surface area contributed by atoms with Gasteiger partial charge in [0.05, 0.1) is 0 Å². The molecule has 1 atom stereocenters. The van der Waals surface area contributed by atoms with Gasteiger partial charge in [-0.2, -0.15) is 0 Å². The van der Waals surface area contributed by atoms with Crippen molar-refractivity contribution in [3.8, 4) is 11.1 Å². The first-order chi connectivity index (χ1) is 14.5. The molecule has 31 heavy (non-hydrogen) atoms. The lowest BCUT2D eigenvalue weighted by atomic mass is 9.82. The fraction of sp³-hybridized carbons (Fsp3) is 0.458. The van der Waals surface area contributed by atoms with Crippen LogP contribution in [-0.4, -0.2) is 35.2 Å². The number of hydrazine groups is 1. The van der Waals surface area contributed by atoms with E-state index in [4.69, 9.17) is 4.74 Å². The summed E-state index contributed by atoms with van der Waals surface area (Å²) in [4.78, 5) is 30.8. The Balaban J connectivity index is 1.68. The van der Waals surface area contributed by atoms with E-state index in [0.717, 1.165) is 11.1 Å². The summed E-state index contributed by atoms with van der Waals surface area (Å²) in [6.45, 7) is 12.4. The van der Waals surface area contributed by atoms with E-state index in [1.807, 2.05) is 30.5 Å². The van der Waals surface area contributed by atoms with Crippen LogP contribution in [0, 0.1) is 0 Å². The molecule has 7 nitrogen and oxygen atoms in total. The number of carbonyl (C=O) groups is 2. The standard InChI is InChI=1S/C24H32N4O3/c1-23(2,3)18-10-8-7-9-17(18)16-11-12-20(25-15-16)28-14-13-19(21(28)29)26-27-22(30)31-24(4,5)6/h7-12,15,19,26H,13-14H2,1-6H3,(H,27,30)/t19-/m0/s1. The summed E-state index contributed by atoms with van der Waals surface area (Å²) < 4.78 is 5.18. The van der Waals surface area contributed by atoms with Crippen LogP contribution in [0.1, 0.15) is 53.5 Å². The third-order valence-corrected chi connectivity index (χ3v) is 5.02. The molecule has 0 radical (unpaired) electrons. The van der Waals surface area contributed by atoms with Gasteiger partial charge in [0.25, 0.3) is 0 Å². The second-order valence-corrected chi connectivity index (χ2v) is 9.80. The van der Waals surface area contributed by atoms with E-state index in [1.54, 1.807) is 25.7 Å². The molecule has 0 spiro atoms. The molecule has 166 valence electrons. The minimum Gasteiger partial charge on any atom is -0.443 e. The SMILES string of the molecule is CC(C)(C)OC(=O)NN[C@H]1CCN(c2ccc(-c3ccccc3C(C)(C)C)cn2)C1=O. The minimum absolute atomic E-state index is 0.0141. The van der Waals surface area contributed by atoms with Crippen molar-refractivity contribution in [1.29, 1.82) is 0 Å². The molecule has 7 heteroatoms. The molecule has 0 saturated carbocycles. The van der Waals surface area contributed by atoms with E-state index < -0.39 is 17.7 Å². The molecule has 2 aromatic rings. The molecule has 0 bridgehead atoms. The van der Waals surface area contributed by atoms with Crippen LogP contribution >= 0.6 is 0 Å². The Morgan fingerprint density at radius 2 is 1.81 bits per heavy atom. The van der Waals surface area contributed by atoms with Gasteiger partial charge in [0.15, 0.2) is 0 Å². The molecule has 1 aliphatic rings. The van der Waals surface area contributed by atoms with Crippen LogP contribution in [0.5, 0.6) is 0 Å². The first-order valence-corrected chi connectivity index (χ1v) is 10.6. The van der Waals surface area contributed by atoms with Crippen LogP contribution < -0.4 is 15.8 Å². The summed E-state index contributed by atoms with van der Waals surface area (Å²) in [5.41, 5.74) is 8.05. The second kappa shape index (κ2) is 8.67. The van der Waals surface area contributed by atoms with Gasteiger partial charge in [0.1, 0.15) is 17.5 Å². The Labute approximate surface area is 184 Å². The molecule has 2 heterocycles. The molecule has 1 saturated heterocycles. The van der Waals surface area contributed by atoms with Gasteiger partial charge >= 0.3 is 6.09 Å². The maximum atomic E-state index is 12.8. The smallest absolute Gasteiger partial charge is 0.422 e. The number of amides is 2. The van der Waals surface area contributed by atoms with Crippen LogP contribution in [0.4, 0.5) is 10.6 Å². The summed E-state index contributed by atoms with van der Waals surface area (Å²) in [5, 5.41) is 0. The Hall–Kier alpha value is -2.93. The van der Waals surface area contributed by atoms with E-state index in [0.29, 0.717) is 18.8 Å². The van der Waals surface area contributed by atoms with Crippen molar-refractivity contribution in [3.05, 3.63) is 48.2 Å². The lowest BCUT2D eigenvalue weighted by Crippen LogP contribution is -2.49. The zero-order valence-corrected chi connectivity index (χ0v) is 19.2. The van der Waals surface area contributed by atoms with E-state index in [9.17, 15) is 9.59 Å². The maximum absolute atomic E-state index is 12.8. The van der Waals surface area contributed by atoms with Gasteiger partial charge in [-0.25, -0.2) is 15.2 Å². The normalized spacial score (nSPS) is 17.0. The van der Waals surface area contributed by atoms with Crippen molar-refractivity contribution in [2.24, 2.45) is 0 Å². The Kier molecular flexibility index (Phi) is 6.36. The Morgan fingerprint density at radius 3 is 2.42 bits per heavy atom. The monoisotopic (exact) mass is 424 g/mol. The highest BCUT2D eigenvalue weighted by Crippen LogP contribution is 2.33. The molecule has 1 aliphatic heterocycles. The van der Waals surface area contributed by atoms with Crippen molar-refractivity contribution in [3.63, 3.8) is 0 Å². The molecule has 2 N–H and O–H groups in total. The number of hydrogen-bond donors (Lipinski definition) is 2. The number of aromatic nitrogens is 1. The molecule has 1 aromatic heterocycles. The maximum Gasteiger partial charge on any atom is 0.422 e. The van der Waals surface area contributed by atoms with Crippen molar-refractivity contribution in [1.82, 2.24) is 15.8 Å². The Morgan fingerprint density at radius 1 is 1.10 bits per heavy atom. The lowest BCUT2D eigenvalue weighted by Gasteiger charge is -2.23. The predicted octanol–water partition coefficient (Wildman–Crippen LogP) is 4.18. The van der Waals surface area contributed by atoms with Crippen molar-refractivity contribution < 1.29 is 14.3 Å². The molecule has 2 amide bonds. The predicted molar refractivity (Wildman–Crippen MR) is 122 cm³/mol. The molecule has 1 aromatic carbocycles. The zero-order chi connectivity index (χ0) is 22.8. The zero-order valence-electron chi connectivity index (χ0n) is 19.2. The summed E-state index contributed by atoms with van der Waals surface area (Å²) in [5.74, 6) is 0.468. The number of rotatable bonds is 4. The summed E-state index contributed by atoms with van der Waals surface area (Å²) >= 11 is 0. The second-order valence-electron chi connectivity index (χ2n) is 9.80. The van der Waals surface area contributed by atoms with Crippen LogP contribution in [0.15, 0.2) is 42.6 Å². The van der Waals surface area contributed by atoms with Gasteiger partial charge in [-0.05, 0) is 55.9 Å². The average Bonchev–Trinajstić information content (AvgIpc) is 3.05. The third-order valence-electron chi connectivity index (χ3n) is 5.02. The van der Waals surface area contributed by atoms with Crippen molar-refractivity contribution in [2.75, 3.05) is 11.4 Å². The van der Waals surface area contributed by atoms with E-state index >= 15 is 0 Å². The highest BCUT2D eigenvalue weighted by molar-refractivity contribution is 5.98. The molecular formula is C24H32N4O3. The topological polar surface area (TPSA) is 83.6 Å². The van der Waals surface area contributed by atoms with Crippen molar-refractivity contribution >= 4 is 17.8 Å². The minimum atomic E-state index is -0.612. The number of anilines is 1. The number of nitrogens with one attached hydrogen (secondary N) is 2. The van der Waals surface area contributed by atoms with Gasteiger partial charge < -0.3 is 4.74 Å². The third kappa shape index (κ3) is 5.61. The van der Waals surface area contributed by atoms with Crippen LogP contribution in [0.3, 0.4) is 0 Å². The average molecular weight is 425 g/mol. The molecule has 3 rings (SSSR count). The first kappa shape index (κ1) is 22.7. The largest absolute Gasteiger partial charge is 0.443 e.